The van der Waals surface area contributed by atoms with Crippen molar-refractivity contribution in [1.29, 1.82) is 0 Å². The number of aliphatic hydroxyl groups is 1. The van der Waals surface area contributed by atoms with Crippen molar-refractivity contribution in [3.05, 3.63) is 30.1 Å². The van der Waals surface area contributed by atoms with Gasteiger partial charge in [0.1, 0.15) is 11.4 Å². The number of hydrogen-bond donors (Lipinski definition) is 1. The van der Waals surface area contributed by atoms with Crippen LogP contribution < -0.4 is 0 Å². The Morgan fingerprint density at radius 3 is 2.88 bits per heavy atom. The monoisotopic (exact) mass is 218 g/mol. The number of aryl methyl sites for hydroxylation is 1. The smallest absolute Gasteiger partial charge is 0.118 e. The molecule has 0 amide bonds. The van der Waals surface area contributed by atoms with Crippen LogP contribution in [0.3, 0.4) is 0 Å². The lowest BCUT2D eigenvalue weighted by Gasteiger charge is -2.05. The van der Waals surface area contributed by atoms with Gasteiger partial charge in [0.15, 0.2) is 0 Å². The molecule has 0 unspecified atom stereocenters. The summed E-state index contributed by atoms with van der Waals surface area (Å²) in [4.78, 5) is 4.26. The van der Waals surface area contributed by atoms with E-state index in [1.54, 1.807) is 10.9 Å². The highest BCUT2D eigenvalue weighted by molar-refractivity contribution is 5.56. The Bertz CT molecular complexity index is 452. The third-order valence-electron chi connectivity index (χ3n) is 2.30. The van der Waals surface area contributed by atoms with E-state index < -0.39 is 0 Å². The first kappa shape index (κ1) is 10.8. The predicted molar refractivity (Wildman–Crippen MR) is 59.5 cm³/mol. The van der Waals surface area contributed by atoms with Crippen LogP contribution >= 0.6 is 0 Å². The molecule has 0 aliphatic carbocycles. The number of nitrogens with zero attached hydrogens (tertiary/aromatic N) is 4. The van der Waals surface area contributed by atoms with Gasteiger partial charge in [0.2, 0.25) is 0 Å². The molecule has 5 heteroatoms. The standard InChI is InChI=1S/C11H14N4O/c1-2-7-15-11(10(8-16)13-14-15)9-5-3-4-6-12-9/h3-6,16H,2,7-8H2,1H3. The summed E-state index contributed by atoms with van der Waals surface area (Å²) in [6.45, 7) is 2.73. The Kier molecular flexibility index (Phi) is 3.26. The van der Waals surface area contributed by atoms with Crippen molar-refractivity contribution in [2.24, 2.45) is 0 Å². The number of aliphatic hydroxyl groups excluding tert-OH is 1. The summed E-state index contributed by atoms with van der Waals surface area (Å²) in [6.07, 6.45) is 2.69. The third kappa shape index (κ3) is 1.94. The molecular formula is C11H14N4O. The summed E-state index contributed by atoms with van der Waals surface area (Å²) in [6, 6.07) is 5.66. The molecule has 0 radical (unpaired) electrons. The molecule has 0 bridgehead atoms. The molecule has 0 aliphatic heterocycles. The molecule has 2 rings (SSSR count). The first-order valence-electron chi connectivity index (χ1n) is 5.31. The topological polar surface area (TPSA) is 63.8 Å². The normalized spacial score (nSPS) is 10.6. The Balaban J connectivity index is 2.48. The Morgan fingerprint density at radius 1 is 1.38 bits per heavy atom. The van der Waals surface area contributed by atoms with E-state index >= 15 is 0 Å². The van der Waals surface area contributed by atoms with Crippen molar-refractivity contribution in [3.8, 4) is 11.4 Å². The first-order valence-corrected chi connectivity index (χ1v) is 5.31. The summed E-state index contributed by atoms with van der Waals surface area (Å²) in [5.41, 5.74) is 2.18. The van der Waals surface area contributed by atoms with Crippen LogP contribution in [0.15, 0.2) is 24.4 Å². The van der Waals surface area contributed by atoms with Crippen LogP contribution in [-0.4, -0.2) is 25.1 Å². The third-order valence-corrected chi connectivity index (χ3v) is 2.30. The zero-order chi connectivity index (χ0) is 11.4. The molecule has 2 aromatic rings. The quantitative estimate of drug-likeness (QED) is 0.838. The Labute approximate surface area is 93.8 Å². The van der Waals surface area contributed by atoms with Crippen molar-refractivity contribution in [2.75, 3.05) is 0 Å². The van der Waals surface area contributed by atoms with E-state index in [0.717, 1.165) is 24.4 Å². The lowest BCUT2D eigenvalue weighted by atomic mass is 10.2. The summed E-state index contributed by atoms with van der Waals surface area (Å²) in [5, 5.41) is 17.2. The van der Waals surface area contributed by atoms with Gasteiger partial charge >= 0.3 is 0 Å². The molecular weight excluding hydrogens is 204 g/mol. The molecule has 1 N–H and O–H groups in total. The van der Waals surface area contributed by atoms with E-state index in [1.807, 2.05) is 18.2 Å². The molecule has 0 saturated carbocycles. The lowest BCUT2D eigenvalue weighted by molar-refractivity contribution is 0.277. The van der Waals surface area contributed by atoms with Gasteiger partial charge < -0.3 is 5.11 Å². The van der Waals surface area contributed by atoms with Gasteiger partial charge in [-0.25, -0.2) is 4.68 Å². The van der Waals surface area contributed by atoms with Gasteiger partial charge in [-0.05, 0) is 18.6 Å². The van der Waals surface area contributed by atoms with E-state index in [2.05, 4.69) is 22.2 Å². The van der Waals surface area contributed by atoms with Crippen molar-refractivity contribution in [2.45, 2.75) is 26.5 Å². The largest absolute Gasteiger partial charge is 0.390 e. The second kappa shape index (κ2) is 4.85. The van der Waals surface area contributed by atoms with Crippen LogP contribution in [0.1, 0.15) is 19.0 Å². The van der Waals surface area contributed by atoms with Crippen LogP contribution in [0, 0.1) is 0 Å². The zero-order valence-electron chi connectivity index (χ0n) is 9.17. The molecule has 2 aromatic heterocycles. The van der Waals surface area contributed by atoms with Gasteiger partial charge in [0.25, 0.3) is 0 Å². The van der Waals surface area contributed by atoms with Gasteiger partial charge in [0, 0.05) is 12.7 Å². The van der Waals surface area contributed by atoms with E-state index in [-0.39, 0.29) is 6.61 Å². The van der Waals surface area contributed by atoms with Crippen LogP contribution in [0.4, 0.5) is 0 Å². The maximum atomic E-state index is 9.22. The number of hydrogen-bond acceptors (Lipinski definition) is 4. The van der Waals surface area contributed by atoms with E-state index in [4.69, 9.17) is 0 Å². The summed E-state index contributed by atoms with van der Waals surface area (Å²) < 4.78 is 1.79. The van der Waals surface area contributed by atoms with Crippen LogP contribution in [-0.2, 0) is 13.2 Å². The van der Waals surface area contributed by atoms with Gasteiger partial charge in [-0.3, -0.25) is 4.98 Å². The fourth-order valence-electron chi connectivity index (χ4n) is 1.61. The van der Waals surface area contributed by atoms with Crippen molar-refractivity contribution in [3.63, 3.8) is 0 Å². The van der Waals surface area contributed by atoms with Gasteiger partial charge in [-0.15, -0.1) is 5.10 Å². The minimum absolute atomic E-state index is 0.115. The number of rotatable bonds is 4. The average molecular weight is 218 g/mol. The predicted octanol–water partition coefficient (Wildman–Crippen LogP) is 1.24. The molecule has 0 saturated heterocycles. The van der Waals surface area contributed by atoms with E-state index in [9.17, 15) is 5.11 Å². The number of aromatic nitrogens is 4. The van der Waals surface area contributed by atoms with Crippen LogP contribution in [0.5, 0.6) is 0 Å². The molecule has 5 nitrogen and oxygen atoms in total. The molecule has 0 spiro atoms. The minimum Gasteiger partial charge on any atom is -0.390 e. The van der Waals surface area contributed by atoms with Gasteiger partial charge in [0.05, 0.1) is 12.3 Å². The van der Waals surface area contributed by atoms with Crippen LogP contribution in [0.25, 0.3) is 11.4 Å². The van der Waals surface area contributed by atoms with Crippen LogP contribution in [0.2, 0.25) is 0 Å². The van der Waals surface area contributed by atoms with Gasteiger partial charge in [-0.2, -0.15) is 0 Å². The summed E-state index contributed by atoms with van der Waals surface area (Å²) in [5.74, 6) is 0. The lowest BCUT2D eigenvalue weighted by Crippen LogP contribution is -2.03. The molecule has 2 heterocycles. The maximum Gasteiger partial charge on any atom is 0.118 e. The molecule has 84 valence electrons. The fraction of sp³-hybridized carbons (Fsp3) is 0.364. The van der Waals surface area contributed by atoms with Crippen molar-refractivity contribution < 1.29 is 5.11 Å². The zero-order valence-corrected chi connectivity index (χ0v) is 9.17. The van der Waals surface area contributed by atoms with Gasteiger partial charge in [-0.1, -0.05) is 18.2 Å². The Hall–Kier alpha value is -1.75. The molecule has 16 heavy (non-hydrogen) atoms. The highest BCUT2D eigenvalue weighted by Gasteiger charge is 2.14. The molecule has 0 atom stereocenters. The fourth-order valence-corrected chi connectivity index (χ4v) is 1.61. The number of pyridine rings is 1. The minimum atomic E-state index is -0.115. The summed E-state index contributed by atoms with van der Waals surface area (Å²) >= 11 is 0. The van der Waals surface area contributed by atoms with Crippen molar-refractivity contribution in [1.82, 2.24) is 20.0 Å². The molecule has 0 aliphatic rings. The first-order chi connectivity index (χ1) is 7.86. The van der Waals surface area contributed by atoms with E-state index in [0.29, 0.717) is 5.69 Å². The highest BCUT2D eigenvalue weighted by Crippen LogP contribution is 2.19. The second-order valence-corrected chi connectivity index (χ2v) is 3.48. The maximum absolute atomic E-state index is 9.22. The van der Waals surface area contributed by atoms with Crippen molar-refractivity contribution >= 4 is 0 Å². The SMILES string of the molecule is CCCn1nnc(CO)c1-c1ccccn1. The second-order valence-electron chi connectivity index (χ2n) is 3.48. The Morgan fingerprint density at radius 2 is 2.25 bits per heavy atom. The summed E-state index contributed by atoms with van der Waals surface area (Å²) in [7, 11) is 0. The highest BCUT2D eigenvalue weighted by atomic mass is 16.3. The van der Waals surface area contributed by atoms with E-state index in [1.165, 1.54) is 0 Å². The average Bonchev–Trinajstić information content (AvgIpc) is 2.74. The molecule has 0 fully saturated rings. The molecule has 0 aromatic carbocycles.